The van der Waals surface area contributed by atoms with Crippen LogP contribution in [0.15, 0.2) is 42.6 Å². The highest BCUT2D eigenvalue weighted by atomic mass is 16.6. The van der Waals surface area contributed by atoms with Gasteiger partial charge in [-0.3, -0.25) is 10.1 Å². The van der Waals surface area contributed by atoms with Gasteiger partial charge in [0.05, 0.1) is 17.1 Å². The van der Waals surface area contributed by atoms with Gasteiger partial charge in [0.15, 0.2) is 0 Å². The molecule has 0 N–H and O–H groups in total. The molecule has 1 aromatic heterocycles. The summed E-state index contributed by atoms with van der Waals surface area (Å²) in [6.45, 7) is 1.96. The summed E-state index contributed by atoms with van der Waals surface area (Å²) in [5.41, 5.74) is 0.0481. The average Bonchev–Trinajstić information content (AvgIpc) is 2.48. The fourth-order valence-corrected chi connectivity index (χ4v) is 1.61. The van der Waals surface area contributed by atoms with E-state index >= 15 is 0 Å². The normalized spacial score (nSPS) is 9.95. The molecule has 21 heavy (non-hydrogen) atoms. The number of nitrogens with zero attached hydrogens (tertiary/aromatic N) is 2. The van der Waals surface area contributed by atoms with Gasteiger partial charge in [-0.25, -0.2) is 9.78 Å². The molecule has 2 aromatic rings. The first-order valence-electron chi connectivity index (χ1n) is 6.16. The highest BCUT2D eigenvalue weighted by molar-refractivity contribution is 5.89. The molecule has 0 saturated heterocycles. The molecule has 0 spiro atoms. The Morgan fingerprint density at radius 1 is 1.33 bits per heavy atom. The van der Waals surface area contributed by atoms with Crippen LogP contribution >= 0.6 is 0 Å². The van der Waals surface area contributed by atoms with E-state index in [9.17, 15) is 14.9 Å². The zero-order valence-corrected chi connectivity index (χ0v) is 11.2. The van der Waals surface area contributed by atoms with E-state index in [-0.39, 0.29) is 23.9 Å². The van der Waals surface area contributed by atoms with Crippen molar-refractivity contribution >= 4 is 11.7 Å². The number of esters is 1. The third-order valence-electron chi connectivity index (χ3n) is 2.51. The van der Waals surface area contributed by atoms with Crippen LogP contribution in [0.1, 0.15) is 17.3 Å². The Hall–Kier alpha value is -2.96. The molecule has 0 aliphatic rings. The van der Waals surface area contributed by atoms with Crippen LogP contribution in [0, 0.1) is 10.1 Å². The van der Waals surface area contributed by atoms with E-state index in [0.717, 1.165) is 0 Å². The molecule has 0 fully saturated rings. The predicted octanol–water partition coefficient (Wildman–Crippen LogP) is 2.96. The Kier molecular flexibility index (Phi) is 4.45. The lowest BCUT2D eigenvalue weighted by Crippen LogP contribution is -2.04. The maximum atomic E-state index is 11.6. The zero-order valence-electron chi connectivity index (χ0n) is 11.2. The number of hydrogen-bond donors (Lipinski definition) is 0. The largest absolute Gasteiger partial charge is 0.462 e. The molecule has 0 unspecified atom stereocenters. The number of nitro groups is 1. The topological polar surface area (TPSA) is 91.6 Å². The standard InChI is InChI=1S/C14H12N2O5/c1-2-20-14(17)10-5-3-6-11(9-10)21-13-12(16(18)19)7-4-8-15-13/h3-9H,2H2,1H3. The number of pyridine rings is 1. The third kappa shape index (κ3) is 3.53. The van der Waals surface area contributed by atoms with Gasteiger partial charge in [0, 0.05) is 12.3 Å². The van der Waals surface area contributed by atoms with Gasteiger partial charge in [0.25, 0.3) is 5.88 Å². The smallest absolute Gasteiger partial charge is 0.338 e. The Morgan fingerprint density at radius 2 is 2.14 bits per heavy atom. The van der Waals surface area contributed by atoms with Crippen LogP contribution in [0.4, 0.5) is 5.69 Å². The van der Waals surface area contributed by atoms with Gasteiger partial charge in [-0.05, 0) is 31.2 Å². The summed E-state index contributed by atoms with van der Waals surface area (Å²) in [5, 5.41) is 10.9. The summed E-state index contributed by atoms with van der Waals surface area (Å²) in [4.78, 5) is 25.7. The van der Waals surface area contributed by atoms with Crippen molar-refractivity contribution in [2.45, 2.75) is 6.92 Å². The molecule has 1 heterocycles. The molecule has 7 nitrogen and oxygen atoms in total. The van der Waals surface area contributed by atoms with Crippen LogP contribution in [0.25, 0.3) is 0 Å². The van der Waals surface area contributed by atoms with Gasteiger partial charge < -0.3 is 9.47 Å². The number of aromatic nitrogens is 1. The maximum absolute atomic E-state index is 11.6. The lowest BCUT2D eigenvalue weighted by Gasteiger charge is -2.06. The van der Waals surface area contributed by atoms with Crippen molar-refractivity contribution in [3.05, 3.63) is 58.3 Å². The first-order valence-corrected chi connectivity index (χ1v) is 6.16. The van der Waals surface area contributed by atoms with E-state index < -0.39 is 10.9 Å². The summed E-state index contributed by atoms with van der Waals surface area (Å²) in [6, 6.07) is 8.91. The number of ether oxygens (including phenoxy) is 2. The lowest BCUT2D eigenvalue weighted by atomic mass is 10.2. The van der Waals surface area contributed by atoms with Gasteiger partial charge in [-0.2, -0.15) is 0 Å². The molecule has 0 amide bonds. The molecule has 2 rings (SSSR count). The number of rotatable bonds is 5. The van der Waals surface area contributed by atoms with Crippen LogP contribution in [-0.2, 0) is 4.74 Å². The molecule has 0 radical (unpaired) electrons. The maximum Gasteiger partial charge on any atom is 0.338 e. The minimum atomic E-state index is -0.586. The van der Waals surface area contributed by atoms with Crippen molar-refractivity contribution in [3.63, 3.8) is 0 Å². The third-order valence-corrected chi connectivity index (χ3v) is 2.51. The summed E-state index contributed by atoms with van der Waals surface area (Å²) < 4.78 is 10.3. The van der Waals surface area contributed by atoms with Crippen LogP contribution in [0.5, 0.6) is 11.6 Å². The summed E-state index contributed by atoms with van der Waals surface area (Å²) in [6.07, 6.45) is 1.39. The van der Waals surface area contributed by atoms with Gasteiger partial charge in [0.1, 0.15) is 5.75 Å². The SMILES string of the molecule is CCOC(=O)c1cccc(Oc2ncccc2[N+](=O)[O-])c1. The van der Waals surface area contributed by atoms with Crippen molar-refractivity contribution < 1.29 is 19.2 Å². The molecule has 0 aliphatic heterocycles. The van der Waals surface area contributed by atoms with Crippen LogP contribution in [0.3, 0.4) is 0 Å². The Labute approximate surface area is 120 Å². The second-order valence-electron chi connectivity index (χ2n) is 3.94. The molecular formula is C14H12N2O5. The van der Waals surface area contributed by atoms with Crippen molar-refractivity contribution in [1.29, 1.82) is 0 Å². The molecular weight excluding hydrogens is 276 g/mol. The first-order chi connectivity index (χ1) is 10.1. The second-order valence-corrected chi connectivity index (χ2v) is 3.94. The quantitative estimate of drug-likeness (QED) is 0.477. The van der Waals surface area contributed by atoms with Gasteiger partial charge in [-0.15, -0.1) is 0 Å². The number of carbonyl (C=O) groups excluding carboxylic acids is 1. The molecule has 108 valence electrons. The fraction of sp³-hybridized carbons (Fsp3) is 0.143. The lowest BCUT2D eigenvalue weighted by molar-refractivity contribution is -0.386. The predicted molar refractivity (Wildman–Crippen MR) is 73.4 cm³/mol. The highest BCUT2D eigenvalue weighted by Crippen LogP contribution is 2.28. The van der Waals surface area contributed by atoms with Gasteiger partial charge in [0.2, 0.25) is 0 Å². The Bertz CT molecular complexity index is 672. The Morgan fingerprint density at radius 3 is 2.86 bits per heavy atom. The Balaban J connectivity index is 2.26. The van der Waals surface area contributed by atoms with Crippen LogP contribution < -0.4 is 4.74 Å². The molecule has 0 aliphatic carbocycles. The van der Waals surface area contributed by atoms with Crippen molar-refractivity contribution in [3.8, 4) is 11.6 Å². The van der Waals surface area contributed by atoms with Crippen LogP contribution in [-0.4, -0.2) is 22.5 Å². The molecule has 0 saturated carbocycles. The average molecular weight is 288 g/mol. The summed E-state index contributed by atoms with van der Waals surface area (Å²) in [5.74, 6) is -0.357. The fourth-order valence-electron chi connectivity index (χ4n) is 1.61. The zero-order chi connectivity index (χ0) is 15.2. The first kappa shape index (κ1) is 14.4. The van der Waals surface area contributed by atoms with Crippen LogP contribution in [0.2, 0.25) is 0 Å². The van der Waals surface area contributed by atoms with E-state index in [4.69, 9.17) is 9.47 Å². The molecule has 0 bridgehead atoms. The van der Waals surface area contributed by atoms with E-state index in [1.54, 1.807) is 25.1 Å². The highest BCUT2D eigenvalue weighted by Gasteiger charge is 2.17. The number of hydrogen-bond acceptors (Lipinski definition) is 6. The summed E-state index contributed by atoms with van der Waals surface area (Å²) >= 11 is 0. The van der Waals surface area contributed by atoms with E-state index in [1.807, 2.05) is 0 Å². The molecule has 0 atom stereocenters. The van der Waals surface area contributed by atoms with E-state index in [2.05, 4.69) is 4.98 Å². The summed E-state index contributed by atoms with van der Waals surface area (Å²) in [7, 11) is 0. The van der Waals surface area contributed by atoms with E-state index in [0.29, 0.717) is 5.56 Å². The molecule has 1 aromatic carbocycles. The minimum absolute atomic E-state index is 0.136. The van der Waals surface area contributed by atoms with Crippen molar-refractivity contribution in [1.82, 2.24) is 4.98 Å². The number of benzene rings is 1. The minimum Gasteiger partial charge on any atom is -0.462 e. The van der Waals surface area contributed by atoms with Gasteiger partial charge in [-0.1, -0.05) is 6.07 Å². The second kappa shape index (κ2) is 6.47. The number of carbonyl (C=O) groups is 1. The molecule has 7 heteroatoms. The van der Waals surface area contributed by atoms with Gasteiger partial charge >= 0.3 is 11.7 Å². The van der Waals surface area contributed by atoms with Crippen molar-refractivity contribution in [2.75, 3.05) is 6.61 Å². The van der Waals surface area contributed by atoms with E-state index in [1.165, 1.54) is 24.4 Å². The van der Waals surface area contributed by atoms with Crippen molar-refractivity contribution in [2.24, 2.45) is 0 Å². The monoisotopic (exact) mass is 288 g/mol.